The Morgan fingerprint density at radius 2 is 1.66 bits per heavy atom. The predicted molar refractivity (Wildman–Crippen MR) is 113 cm³/mol. The molecule has 2 aromatic rings. The highest BCUT2D eigenvalue weighted by molar-refractivity contribution is 6.67. The molecule has 0 aliphatic carbocycles. The predicted octanol–water partition coefficient (Wildman–Crippen LogP) is 4.73. The first kappa shape index (κ1) is 25.7. The molecule has 3 N–H and O–H groups in total. The molecular weight excluding hydrogens is 513 g/mol. The number of carbonyl (C=O) groups is 2. The summed E-state index contributed by atoms with van der Waals surface area (Å²) >= 11 is 30.2. The Kier molecular flexibility index (Phi) is 9.94. The summed E-state index contributed by atoms with van der Waals surface area (Å²) in [5.74, 6) is -0.174. The van der Waals surface area contributed by atoms with Crippen LogP contribution in [0, 0.1) is 0 Å². The lowest BCUT2D eigenvalue weighted by molar-refractivity contribution is 0.0508. The van der Waals surface area contributed by atoms with Gasteiger partial charge in [-0.05, 0) is 81.7 Å². The minimum absolute atomic E-state index is 0.174. The molecule has 0 radical (unpaired) electrons. The Morgan fingerprint density at radius 3 is 2.10 bits per heavy atom. The van der Waals surface area contributed by atoms with Crippen molar-refractivity contribution in [2.24, 2.45) is 7.05 Å². The number of anilines is 1. The third-order valence-corrected chi connectivity index (χ3v) is 3.28. The lowest BCUT2D eigenvalue weighted by atomic mass is 10.1. The molecule has 0 saturated carbocycles. The molecule has 1 aromatic carbocycles. The topological polar surface area (TPSA) is 108 Å². The summed E-state index contributed by atoms with van der Waals surface area (Å²) in [5, 5.41) is 6.82. The smallest absolute Gasteiger partial charge is 0.398 e. The van der Waals surface area contributed by atoms with Crippen LogP contribution in [0.1, 0.15) is 15.9 Å². The average Bonchev–Trinajstić information content (AvgIpc) is 2.95. The van der Waals surface area contributed by atoms with Crippen molar-refractivity contribution in [1.82, 2.24) is 15.1 Å². The molecule has 0 atom stereocenters. The number of rotatable bonds is 3. The van der Waals surface area contributed by atoms with Crippen LogP contribution in [-0.2, 0) is 23.1 Å². The number of carbonyl (C=O) groups excluding carboxylic acids is 2. The molecule has 0 spiro atoms. The first-order chi connectivity index (χ1) is 13.3. The monoisotopic (exact) mass is 524 g/mol. The lowest BCUT2D eigenvalue weighted by Crippen LogP contribution is -2.23. The summed E-state index contributed by atoms with van der Waals surface area (Å²) < 4.78 is 5.20. The Balaban J connectivity index is 0.000000311. The summed E-state index contributed by atoms with van der Waals surface area (Å²) in [4.78, 5) is 22.4. The van der Waals surface area contributed by atoms with Crippen LogP contribution in [0.4, 0.5) is 10.5 Å². The third-order valence-electron chi connectivity index (χ3n) is 2.81. The second-order valence-electron chi connectivity index (χ2n) is 5.14. The van der Waals surface area contributed by atoms with Crippen molar-refractivity contribution < 1.29 is 19.1 Å². The Morgan fingerprint density at radius 1 is 1.10 bits per heavy atom. The van der Waals surface area contributed by atoms with Gasteiger partial charge in [-0.2, -0.15) is 5.10 Å². The molecular formula is C15H14Cl6N4O4. The largest absolute Gasteiger partial charge is 0.515 e. The number of aromatic nitrogens is 2. The number of aryl methyl sites for hydroxylation is 1. The van der Waals surface area contributed by atoms with Crippen molar-refractivity contribution in [2.45, 2.75) is 14.5 Å². The molecule has 1 amide bonds. The number of para-hydroxylation sites is 1. The number of nitrogen functional groups attached to an aromatic ring is 1. The van der Waals surface area contributed by atoms with E-state index in [2.05, 4.69) is 19.9 Å². The fourth-order valence-electron chi connectivity index (χ4n) is 1.75. The molecule has 1 aromatic heterocycles. The van der Waals surface area contributed by atoms with Crippen molar-refractivity contribution in [3.05, 3.63) is 47.8 Å². The van der Waals surface area contributed by atoms with E-state index >= 15 is 0 Å². The van der Waals surface area contributed by atoms with Crippen LogP contribution in [-0.4, -0.2) is 29.8 Å². The van der Waals surface area contributed by atoms with Gasteiger partial charge in [-0.1, -0.05) is 12.1 Å². The lowest BCUT2D eigenvalue weighted by Gasteiger charge is -2.15. The highest BCUT2D eigenvalue weighted by Gasteiger charge is 2.32. The number of nitrogens with zero attached hydrogens (tertiary/aromatic N) is 2. The van der Waals surface area contributed by atoms with E-state index in [0.717, 1.165) is 5.56 Å². The highest BCUT2D eigenvalue weighted by Crippen LogP contribution is 2.32. The number of amides is 1. The Bertz CT molecular complexity index is 817. The summed E-state index contributed by atoms with van der Waals surface area (Å²) in [6.07, 6.45) is 2.17. The number of hydrogen-bond donors (Lipinski definition) is 2. The molecule has 8 nitrogen and oxygen atoms in total. The van der Waals surface area contributed by atoms with E-state index in [0.29, 0.717) is 17.8 Å². The normalized spacial score (nSPS) is 11.1. The van der Waals surface area contributed by atoms with Gasteiger partial charge in [0.05, 0.1) is 11.8 Å². The molecule has 0 fully saturated rings. The molecule has 0 saturated heterocycles. The number of nitrogens with one attached hydrogen (secondary N) is 1. The Labute approximate surface area is 196 Å². The van der Waals surface area contributed by atoms with Crippen LogP contribution >= 0.6 is 69.6 Å². The number of halogens is 6. The van der Waals surface area contributed by atoms with Crippen LogP contribution in [0.2, 0.25) is 0 Å². The van der Waals surface area contributed by atoms with Crippen LogP contribution in [0.25, 0.3) is 0 Å². The summed E-state index contributed by atoms with van der Waals surface area (Å²) in [7, 11) is 1.83. The zero-order chi connectivity index (χ0) is 22.2. The van der Waals surface area contributed by atoms with Crippen LogP contribution < -0.4 is 11.1 Å². The standard InChI is InChI=1S/C12H14N4O.C3Cl6O3/c1-16-8-9(7-15-16)6-14-12(17)10-4-2-3-5-11(10)13;4-2(5,6)11-1(10)12-3(7,8)9/h2-5,7-8H,6,13H2,1H3,(H,14,17);. The van der Waals surface area contributed by atoms with Crippen LogP contribution in [0.5, 0.6) is 0 Å². The number of ether oxygens (including phenoxy) is 2. The second kappa shape index (κ2) is 11.2. The summed E-state index contributed by atoms with van der Waals surface area (Å²) in [6, 6.07) is 7.00. The van der Waals surface area contributed by atoms with Gasteiger partial charge in [0.1, 0.15) is 0 Å². The van der Waals surface area contributed by atoms with Crippen molar-refractivity contribution in [1.29, 1.82) is 0 Å². The van der Waals surface area contributed by atoms with Gasteiger partial charge in [0.25, 0.3) is 5.91 Å². The zero-order valence-electron chi connectivity index (χ0n) is 14.5. The van der Waals surface area contributed by atoms with Crippen molar-refractivity contribution in [3.63, 3.8) is 0 Å². The molecule has 2 rings (SSSR count). The maximum atomic E-state index is 11.8. The molecule has 1 heterocycles. The maximum Gasteiger partial charge on any atom is 0.515 e. The van der Waals surface area contributed by atoms with Gasteiger partial charge in [0.2, 0.25) is 0 Å². The molecule has 0 aliphatic heterocycles. The van der Waals surface area contributed by atoms with Gasteiger partial charge < -0.3 is 20.5 Å². The molecule has 0 unspecified atom stereocenters. The van der Waals surface area contributed by atoms with Gasteiger partial charge in [-0.25, -0.2) is 4.79 Å². The molecule has 0 aliphatic rings. The summed E-state index contributed by atoms with van der Waals surface area (Å²) in [6.45, 7) is 0.445. The Hall–Kier alpha value is -1.29. The zero-order valence-corrected chi connectivity index (χ0v) is 19.1. The summed E-state index contributed by atoms with van der Waals surface area (Å²) in [5.41, 5.74) is 7.65. The fourth-order valence-corrected chi connectivity index (χ4v) is 2.13. The minimum atomic E-state index is -2.24. The van der Waals surface area contributed by atoms with Crippen molar-refractivity contribution in [2.75, 3.05) is 5.73 Å². The first-order valence-electron chi connectivity index (χ1n) is 7.42. The van der Waals surface area contributed by atoms with E-state index in [-0.39, 0.29) is 5.91 Å². The van der Waals surface area contributed by atoms with E-state index in [4.69, 9.17) is 75.3 Å². The number of alkyl halides is 6. The third kappa shape index (κ3) is 11.5. The maximum absolute atomic E-state index is 11.8. The number of nitrogens with two attached hydrogens (primary N) is 1. The minimum Gasteiger partial charge on any atom is -0.398 e. The number of hydrogen-bond acceptors (Lipinski definition) is 6. The van der Waals surface area contributed by atoms with Crippen LogP contribution in [0.15, 0.2) is 36.7 Å². The molecule has 0 bridgehead atoms. The molecule has 160 valence electrons. The van der Waals surface area contributed by atoms with E-state index in [9.17, 15) is 9.59 Å². The first-order valence-corrected chi connectivity index (χ1v) is 9.69. The second-order valence-corrected chi connectivity index (χ2v) is 9.49. The van der Waals surface area contributed by atoms with Crippen molar-refractivity contribution >= 4 is 87.4 Å². The molecule has 29 heavy (non-hydrogen) atoms. The SMILES string of the molecule is Cn1cc(CNC(=O)c2ccccc2N)cn1.O=C(OC(Cl)(Cl)Cl)OC(Cl)(Cl)Cl. The van der Waals surface area contributed by atoms with E-state index in [1.54, 1.807) is 35.1 Å². The molecule has 14 heteroatoms. The van der Waals surface area contributed by atoms with Gasteiger partial charge >= 0.3 is 14.1 Å². The van der Waals surface area contributed by atoms with Crippen molar-refractivity contribution in [3.8, 4) is 0 Å². The highest BCUT2D eigenvalue weighted by atomic mass is 35.6. The van der Waals surface area contributed by atoms with E-state index in [1.807, 2.05) is 13.2 Å². The number of benzene rings is 1. The van der Waals surface area contributed by atoms with Gasteiger partial charge in [0, 0.05) is 31.0 Å². The average molecular weight is 527 g/mol. The van der Waals surface area contributed by atoms with Gasteiger partial charge in [0.15, 0.2) is 0 Å². The van der Waals surface area contributed by atoms with Gasteiger partial charge in [-0.15, -0.1) is 0 Å². The van der Waals surface area contributed by atoms with Crippen LogP contribution in [0.3, 0.4) is 0 Å². The fraction of sp³-hybridized carbons (Fsp3) is 0.267. The quantitative estimate of drug-likeness (QED) is 0.340. The van der Waals surface area contributed by atoms with Gasteiger partial charge in [-0.3, -0.25) is 9.48 Å². The van der Waals surface area contributed by atoms with E-state index < -0.39 is 14.1 Å². The van der Waals surface area contributed by atoms with E-state index in [1.165, 1.54) is 0 Å².